The highest BCUT2D eigenvalue weighted by Crippen LogP contribution is 2.30. The Kier molecular flexibility index (Phi) is 3.00. The third-order valence-electron chi connectivity index (χ3n) is 3.22. The zero-order valence-corrected chi connectivity index (χ0v) is 9.85. The van der Waals surface area contributed by atoms with Gasteiger partial charge < -0.3 is 4.74 Å². The molecule has 92 valence electrons. The molecule has 0 saturated carbocycles. The van der Waals surface area contributed by atoms with E-state index in [1.165, 1.54) is 19.1 Å². The molecule has 1 heterocycles. The molecule has 0 aromatic heterocycles. The summed E-state index contributed by atoms with van der Waals surface area (Å²) in [6.07, 6.45) is 1.30. The molecule has 0 amide bonds. The number of hydrogen-bond acceptors (Lipinski definition) is 2. The smallest absolute Gasteiger partial charge is 0.197 e. The number of ether oxygens (including phenoxy) is 1. The van der Waals surface area contributed by atoms with E-state index in [0.29, 0.717) is 13.0 Å². The van der Waals surface area contributed by atoms with Gasteiger partial charge in [0.2, 0.25) is 0 Å². The molecule has 0 spiro atoms. The van der Waals surface area contributed by atoms with Crippen LogP contribution in [0.1, 0.15) is 35.7 Å². The summed E-state index contributed by atoms with van der Waals surface area (Å²) in [6.45, 7) is 3.57. The van der Waals surface area contributed by atoms with E-state index in [4.69, 9.17) is 4.74 Å². The van der Waals surface area contributed by atoms with Crippen molar-refractivity contribution < 1.29 is 18.3 Å². The molecule has 0 bridgehead atoms. The Bertz CT molecular complexity index is 463. The monoisotopic (exact) mass is 240 g/mol. The van der Waals surface area contributed by atoms with Gasteiger partial charge in [-0.1, -0.05) is 6.07 Å². The zero-order chi connectivity index (χ0) is 12.6. The lowest BCUT2D eigenvalue weighted by atomic mass is 9.91. The van der Waals surface area contributed by atoms with Crippen LogP contribution < -0.4 is 0 Å². The molecule has 1 fully saturated rings. The van der Waals surface area contributed by atoms with Gasteiger partial charge in [-0.15, -0.1) is 0 Å². The molecule has 1 aliphatic rings. The molecule has 1 aromatic carbocycles. The van der Waals surface area contributed by atoms with Gasteiger partial charge in [-0.25, -0.2) is 8.78 Å². The highest BCUT2D eigenvalue weighted by atomic mass is 19.2. The van der Waals surface area contributed by atoms with Crippen LogP contribution in [0, 0.1) is 18.6 Å². The van der Waals surface area contributed by atoms with E-state index in [-0.39, 0.29) is 11.1 Å². The number of hydrogen-bond donors (Lipinski definition) is 0. The van der Waals surface area contributed by atoms with Gasteiger partial charge in [0, 0.05) is 6.61 Å². The molecule has 0 aliphatic carbocycles. The maximum atomic E-state index is 13.7. The normalized spacial score (nSPS) is 24.0. The van der Waals surface area contributed by atoms with Gasteiger partial charge in [0.25, 0.3) is 0 Å². The van der Waals surface area contributed by atoms with E-state index in [2.05, 4.69) is 0 Å². The quantitative estimate of drug-likeness (QED) is 0.743. The first-order valence-electron chi connectivity index (χ1n) is 5.59. The van der Waals surface area contributed by atoms with E-state index >= 15 is 0 Å². The maximum Gasteiger partial charge on any atom is 0.197 e. The lowest BCUT2D eigenvalue weighted by Crippen LogP contribution is -2.35. The van der Waals surface area contributed by atoms with Crippen molar-refractivity contribution in [3.8, 4) is 0 Å². The Labute approximate surface area is 98.6 Å². The van der Waals surface area contributed by atoms with Crippen molar-refractivity contribution >= 4 is 5.78 Å². The zero-order valence-electron chi connectivity index (χ0n) is 9.85. The average molecular weight is 240 g/mol. The average Bonchev–Trinajstić information content (AvgIpc) is 2.74. The molecule has 0 radical (unpaired) electrons. The molecule has 4 heteroatoms. The summed E-state index contributed by atoms with van der Waals surface area (Å²) in [5.74, 6) is -2.52. The summed E-state index contributed by atoms with van der Waals surface area (Å²) < 4.78 is 32.4. The molecule has 2 rings (SSSR count). The Hall–Kier alpha value is -1.29. The maximum absolute atomic E-state index is 13.7. The highest BCUT2D eigenvalue weighted by Gasteiger charge is 2.39. The van der Waals surface area contributed by atoms with Crippen LogP contribution in [0.3, 0.4) is 0 Å². The summed E-state index contributed by atoms with van der Waals surface area (Å²) >= 11 is 0. The second-order valence-corrected chi connectivity index (χ2v) is 4.57. The fourth-order valence-electron chi connectivity index (χ4n) is 2.06. The van der Waals surface area contributed by atoms with Crippen LogP contribution in [0.15, 0.2) is 12.1 Å². The SMILES string of the molecule is Cc1ccc(C(=O)C2(C)CCCO2)c(F)c1F. The summed E-state index contributed by atoms with van der Waals surface area (Å²) in [7, 11) is 0. The molecular weight excluding hydrogens is 226 g/mol. The molecule has 17 heavy (non-hydrogen) atoms. The van der Waals surface area contributed by atoms with E-state index in [0.717, 1.165) is 6.42 Å². The standard InChI is InChI=1S/C13H14F2O2/c1-8-4-5-9(11(15)10(8)14)12(16)13(2)6-3-7-17-13/h4-5H,3,6-7H2,1-2H3. The minimum atomic E-state index is -1.08. The summed E-state index contributed by atoms with van der Waals surface area (Å²) in [6, 6.07) is 2.73. The Morgan fingerprint density at radius 1 is 1.35 bits per heavy atom. The number of rotatable bonds is 2. The highest BCUT2D eigenvalue weighted by molar-refractivity contribution is 6.02. The van der Waals surface area contributed by atoms with E-state index in [1.54, 1.807) is 6.92 Å². The van der Waals surface area contributed by atoms with Gasteiger partial charge in [-0.05, 0) is 38.3 Å². The topological polar surface area (TPSA) is 26.3 Å². The second kappa shape index (κ2) is 4.18. The van der Waals surface area contributed by atoms with Crippen molar-refractivity contribution in [2.75, 3.05) is 6.61 Å². The van der Waals surface area contributed by atoms with Crippen LogP contribution in [0.25, 0.3) is 0 Å². The molecule has 1 atom stereocenters. The molecule has 1 aliphatic heterocycles. The van der Waals surface area contributed by atoms with Crippen LogP contribution in [-0.4, -0.2) is 18.0 Å². The van der Waals surface area contributed by atoms with Gasteiger partial charge in [-0.3, -0.25) is 4.79 Å². The largest absolute Gasteiger partial charge is 0.367 e. The summed E-state index contributed by atoms with van der Waals surface area (Å²) in [5.41, 5.74) is -1.04. The first-order valence-corrected chi connectivity index (χ1v) is 5.59. The van der Waals surface area contributed by atoms with Gasteiger partial charge in [0.15, 0.2) is 17.4 Å². The van der Waals surface area contributed by atoms with Crippen LogP contribution in [0.2, 0.25) is 0 Å². The van der Waals surface area contributed by atoms with Gasteiger partial charge in [0.1, 0.15) is 5.60 Å². The van der Waals surface area contributed by atoms with Crippen LogP contribution >= 0.6 is 0 Å². The third-order valence-corrected chi connectivity index (χ3v) is 3.22. The van der Waals surface area contributed by atoms with Crippen molar-refractivity contribution in [1.82, 2.24) is 0 Å². The lowest BCUT2D eigenvalue weighted by Gasteiger charge is -2.21. The number of aryl methyl sites for hydroxylation is 1. The third kappa shape index (κ3) is 1.97. The number of ketones is 1. The Balaban J connectivity index is 2.41. The predicted molar refractivity (Wildman–Crippen MR) is 59.0 cm³/mol. The van der Waals surface area contributed by atoms with Crippen molar-refractivity contribution in [3.63, 3.8) is 0 Å². The molecule has 1 unspecified atom stereocenters. The number of carbonyl (C=O) groups is 1. The Morgan fingerprint density at radius 2 is 2.06 bits per heavy atom. The van der Waals surface area contributed by atoms with Crippen LogP contribution in [0.5, 0.6) is 0 Å². The first kappa shape index (κ1) is 12.2. The van der Waals surface area contributed by atoms with Crippen molar-refractivity contribution in [1.29, 1.82) is 0 Å². The molecular formula is C13H14F2O2. The molecule has 2 nitrogen and oxygen atoms in total. The van der Waals surface area contributed by atoms with Gasteiger partial charge >= 0.3 is 0 Å². The fraction of sp³-hybridized carbons (Fsp3) is 0.462. The number of halogens is 2. The Morgan fingerprint density at radius 3 is 2.65 bits per heavy atom. The van der Waals surface area contributed by atoms with E-state index < -0.39 is 23.0 Å². The molecule has 0 N–H and O–H groups in total. The van der Waals surface area contributed by atoms with E-state index in [9.17, 15) is 13.6 Å². The minimum Gasteiger partial charge on any atom is -0.367 e. The number of Topliss-reactive ketones (excluding diaryl/α,β-unsaturated/α-hetero) is 1. The van der Waals surface area contributed by atoms with Crippen LogP contribution in [-0.2, 0) is 4.74 Å². The second-order valence-electron chi connectivity index (χ2n) is 4.57. The molecule has 1 saturated heterocycles. The van der Waals surface area contributed by atoms with E-state index in [1.807, 2.05) is 0 Å². The predicted octanol–water partition coefficient (Wildman–Crippen LogP) is 3.03. The van der Waals surface area contributed by atoms with Crippen molar-refractivity contribution in [2.24, 2.45) is 0 Å². The fourth-order valence-corrected chi connectivity index (χ4v) is 2.06. The van der Waals surface area contributed by atoms with Crippen molar-refractivity contribution in [2.45, 2.75) is 32.3 Å². The molecule has 1 aromatic rings. The number of benzene rings is 1. The van der Waals surface area contributed by atoms with Crippen LogP contribution in [0.4, 0.5) is 8.78 Å². The minimum absolute atomic E-state index is 0.191. The number of carbonyl (C=O) groups excluding carboxylic acids is 1. The lowest BCUT2D eigenvalue weighted by molar-refractivity contribution is 0.0209. The van der Waals surface area contributed by atoms with Gasteiger partial charge in [0.05, 0.1) is 5.56 Å². The van der Waals surface area contributed by atoms with Gasteiger partial charge in [-0.2, -0.15) is 0 Å². The summed E-state index contributed by atoms with van der Waals surface area (Å²) in [5, 5.41) is 0. The summed E-state index contributed by atoms with van der Waals surface area (Å²) in [4.78, 5) is 12.1. The first-order chi connectivity index (χ1) is 7.96. The van der Waals surface area contributed by atoms with Crippen molar-refractivity contribution in [3.05, 3.63) is 34.9 Å².